The maximum Gasteiger partial charge on any atom is 0.310 e. The zero-order valence-electron chi connectivity index (χ0n) is 8.20. The van der Waals surface area contributed by atoms with Crippen molar-refractivity contribution in [3.8, 4) is 0 Å². The van der Waals surface area contributed by atoms with Crippen molar-refractivity contribution in [3.05, 3.63) is 29.5 Å². The van der Waals surface area contributed by atoms with Crippen LogP contribution in [0.4, 0.5) is 8.78 Å². The number of aromatic nitrogens is 1. The van der Waals surface area contributed by atoms with Gasteiger partial charge in [-0.3, -0.25) is 4.79 Å². The number of nitrogens with zero attached hydrogens (tertiary/aromatic N) is 1. The van der Waals surface area contributed by atoms with Gasteiger partial charge in [0.15, 0.2) is 5.58 Å². The number of hydrogen-bond donors (Lipinski definition) is 1. The predicted octanol–water partition coefficient (Wildman–Crippen LogP) is 2.29. The Balaban J connectivity index is 2.73. The maximum atomic E-state index is 13.8. The van der Waals surface area contributed by atoms with Gasteiger partial charge in [-0.15, -0.1) is 0 Å². The van der Waals surface area contributed by atoms with E-state index in [0.717, 1.165) is 12.3 Å². The van der Waals surface area contributed by atoms with Crippen molar-refractivity contribution >= 4 is 16.9 Å². The van der Waals surface area contributed by atoms with Crippen LogP contribution in [0.15, 0.2) is 16.8 Å². The smallest absolute Gasteiger partial charge is 0.310 e. The van der Waals surface area contributed by atoms with E-state index in [1.165, 1.54) is 6.92 Å². The molecule has 0 aliphatic rings. The van der Waals surface area contributed by atoms with Gasteiger partial charge in [0.1, 0.15) is 11.6 Å². The van der Waals surface area contributed by atoms with E-state index in [9.17, 15) is 13.6 Å². The van der Waals surface area contributed by atoms with E-state index in [0.29, 0.717) is 0 Å². The lowest BCUT2D eigenvalue weighted by molar-refractivity contribution is -0.138. The van der Waals surface area contributed by atoms with E-state index in [1.54, 1.807) is 0 Å². The van der Waals surface area contributed by atoms with Crippen molar-refractivity contribution in [2.45, 2.75) is 12.8 Å². The third-order valence-electron chi connectivity index (χ3n) is 2.39. The van der Waals surface area contributed by atoms with Crippen LogP contribution in [-0.4, -0.2) is 16.2 Å². The first-order valence-electron chi connectivity index (χ1n) is 4.47. The molecule has 16 heavy (non-hydrogen) atoms. The number of hydrogen-bond acceptors (Lipinski definition) is 3. The molecular formula is C10H7F2NO3. The molecule has 1 aromatic heterocycles. The number of rotatable bonds is 2. The highest BCUT2D eigenvalue weighted by atomic mass is 19.1. The highest BCUT2D eigenvalue weighted by molar-refractivity contribution is 5.82. The van der Waals surface area contributed by atoms with Gasteiger partial charge in [-0.2, -0.15) is 0 Å². The van der Waals surface area contributed by atoms with Gasteiger partial charge >= 0.3 is 5.97 Å². The second-order valence-corrected chi connectivity index (χ2v) is 3.38. The van der Waals surface area contributed by atoms with Crippen LogP contribution in [0.25, 0.3) is 11.0 Å². The second-order valence-electron chi connectivity index (χ2n) is 3.38. The highest BCUT2D eigenvalue weighted by Crippen LogP contribution is 2.29. The van der Waals surface area contributed by atoms with Crippen molar-refractivity contribution in [1.82, 2.24) is 5.16 Å². The molecule has 0 saturated carbocycles. The summed E-state index contributed by atoms with van der Waals surface area (Å²) in [5, 5.41) is 12.0. The lowest BCUT2D eigenvalue weighted by Crippen LogP contribution is -2.11. The molecule has 6 heteroatoms. The largest absolute Gasteiger partial charge is 0.481 e. The average Bonchev–Trinajstić information content (AvgIpc) is 2.65. The molecule has 0 aliphatic heterocycles. The molecule has 1 atom stereocenters. The van der Waals surface area contributed by atoms with Gasteiger partial charge in [-0.1, -0.05) is 5.16 Å². The highest BCUT2D eigenvalue weighted by Gasteiger charge is 2.25. The molecule has 0 spiro atoms. The Morgan fingerprint density at radius 3 is 2.88 bits per heavy atom. The second kappa shape index (κ2) is 3.55. The summed E-state index contributed by atoms with van der Waals surface area (Å²) in [5.41, 5.74) is -0.528. The Kier molecular flexibility index (Phi) is 2.34. The zero-order chi connectivity index (χ0) is 11.9. The number of fused-ring (bicyclic) bond motifs is 1. The number of aliphatic carboxylic acids is 1. The molecule has 0 saturated heterocycles. The monoisotopic (exact) mass is 227 g/mol. The molecule has 1 aromatic carbocycles. The van der Waals surface area contributed by atoms with Gasteiger partial charge in [0, 0.05) is 11.6 Å². The first-order valence-corrected chi connectivity index (χ1v) is 4.47. The summed E-state index contributed by atoms with van der Waals surface area (Å²) >= 11 is 0. The Bertz CT molecular complexity index is 564. The van der Waals surface area contributed by atoms with E-state index in [2.05, 4.69) is 9.68 Å². The first kappa shape index (κ1) is 10.5. The first-order chi connectivity index (χ1) is 7.52. The summed E-state index contributed by atoms with van der Waals surface area (Å²) in [6.07, 6.45) is 1.09. The van der Waals surface area contributed by atoms with E-state index in [-0.39, 0.29) is 11.0 Å². The number of halogens is 2. The van der Waals surface area contributed by atoms with E-state index in [4.69, 9.17) is 5.11 Å². The molecule has 0 amide bonds. The van der Waals surface area contributed by atoms with Crippen LogP contribution in [0.3, 0.4) is 0 Å². The van der Waals surface area contributed by atoms with E-state index in [1.807, 2.05) is 0 Å². The molecular weight excluding hydrogens is 220 g/mol. The molecule has 0 fully saturated rings. The minimum absolute atomic E-state index is 0.0236. The molecule has 0 bridgehead atoms. The molecule has 84 valence electrons. The quantitative estimate of drug-likeness (QED) is 0.854. The Labute approximate surface area is 88.5 Å². The lowest BCUT2D eigenvalue weighted by Gasteiger charge is -2.09. The van der Waals surface area contributed by atoms with E-state index < -0.39 is 29.1 Å². The van der Waals surface area contributed by atoms with Gasteiger partial charge < -0.3 is 9.63 Å². The van der Waals surface area contributed by atoms with E-state index >= 15 is 0 Å². The molecule has 1 unspecified atom stereocenters. The topological polar surface area (TPSA) is 63.3 Å². The third-order valence-corrected chi connectivity index (χ3v) is 2.39. The molecule has 2 rings (SSSR count). The molecule has 4 nitrogen and oxygen atoms in total. The van der Waals surface area contributed by atoms with Crippen LogP contribution >= 0.6 is 0 Å². The molecule has 1 N–H and O–H groups in total. The van der Waals surface area contributed by atoms with Gasteiger partial charge in [0.25, 0.3) is 0 Å². The molecule has 1 heterocycles. The van der Waals surface area contributed by atoms with Gasteiger partial charge in [-0.05, 0) is 6.92 Å². The summed E-state index contributed by atoms with van der Waals surface area (Å²) in [7, 11) is 0. The summed E-state index contributed by atoms with van der Waals surface area (Å²) in [6.45, 7) is 1.21. The van der Waals surface area contributed by atoms with Crippen LogP contribution in [0.5, 0.6) is 0 Å². The average molecular weight is 227 g/mol. The number of benzene rings is 1. The predicted molar refractivity (Wildman–Crippen MR) is 50.0 cm³/mol. The standard InChI is InChI=1S/C10H7F2NO3/c1-4(10(14)15)8-6(11)2-7-5(9(8)12)3-13-16-7/h2-4H,1H3,(H,14,15). The van der Waals surface area contributed by atoms with Crippen LogP contribution in [0, 0.1) is 11.6 Å². The lowest BCUT2D eigenvalue weighted by atomic mass is 9.98. The van der Waals surface area contributed by atoms with Crippen LogP contribution in [0.2, 0.25) is 0 Å². The number of carboxylic acids is 1. The Hall–Kier alpha value is -1.98. The third kappa shape index (κ3) is 1.42. The van der Waals surface area contributed by atoms with Gasteiger partial charge in [0.05, 0.1) is 17.5 Å². The molecule has 0 aliphatic carbocycles. The van der Waals surface area contributed by atoms with Gasteiger partial charge in [0.2, 0.25) is 0 Å². The van der Waals surface area contributed by atoms with Crippen LogP contribution in [0.1, 0.15) is 18.4 Å². The fraction of sp³-hybridized carbons (Fsp3) is 0.200. The summed E-state index contributed by atoms with van der Waals surface area (Å²) < 4.78 is 31.8. The van der Waals surface area contributed by atoms with Crippen molar-refractivity contribution < 1.29 is 23.2 Å². The fourth-order valence-electron chi connectivity index (χ4n) is 1.48. The van der Waals surface area contributed by atoms with Crippen LogP contribution in [-0.2, 0) is 4.79 Å². The number of carbonyl (C=O) groups is 1. The Morgan fingerprint density at radius 1 is 1.56 bits per heavy atom. The van der Waals surface area contributed by atoms with Crippen molar-refractivity contribution in [1.29, 1.82) is 0 Å². The van der Waals surface area contributed by atoms with Crippen molar-refractivity contribution in [3.63, 3.8) is 0 Å². The Morgan fingerprint density at radius 2 is 2.25 bits per heavy atom. The fourth-order valence-corrected chi connectivity index (χ4v) is 1.48. The van der Waals surface area contributed by atoms with Crippen molar-refractivity contribution in [2.24, 2.45) is 0 Å². The van der Waals surface area contributed by atoms with Crippen LogP contribution < -0.4 is 0 Å². The number of carboxylic acid groups (broad SMARTS) is 1. The zero-order valence-corrected chi connectivity index (χ0v) is 8.20. The SMILES string of the molecule is CC(C(=O)O)c1c(F)cc2oncc2c1F. The molecule has 0 radical (unpaired) electrons. The minimum Gasteiger partial charge on any atom is -0.481 e. The maximum absolute atomic E-state index is 13.8. The summed E-state index contributed by atoms with van der Waals surface area (Å²) in [5.74, 6) is -4.45. The van der Waals surface area contributed by atoms with Gasteiger partial charge in [-0.25, -0.2) is 8.78 Å². The normalized spacial score (nSPS) is 12.9. The summed E-state index contributed by atoms with van der Waals surface area (Å²) in [6, 6.07) is 0.931. The minimum atomic E-state index is -1.30. The van der Waals surface area contributed by atoms with Crippen molar-refractivity contribution in [2.75, 3.05) is 0 Å². The summed E-state index contributed by atoms with van der Waals surface area (Å²) in [4.78, 5) is 10.7. The molecule has 2 aromatic rings.